The summed E-state index contributed by atoms with van der Waals surface area (Å²) >= 11 is 0. The number of halogens is 3. The molecule has 0 bridgehead atoms. The van der Waals surface area contributed by atoms with Gasteiger partial charge in [0.2, 0.25) is 0 Å². The smallest absolute Gasteiger partial charge is 0.383 e. The maximum absolute atomic E-state index is 11.7. The minimum atomic E-state index is -4.04. The molecule has 0 aromatic rings. The molecule has 2 nitrogen and oxygen atoms in total. The zero-order chi connectivity index (χ0) is 10.3. The highest BCUT2D eigenvalue weighted by Crippen LogP contribution is 2.20. The molecule has 13 heavy (non-hydrogen) atoms. The molecule has 80 valence electrons. The van der Waals surface area contributed by atoms with Gasteiger partial charge in [-0.25, -0.2) is 0 Å². The van der Waals surface area contributed by atoms with Crippen LogP contribution in [0.2, 0.25) is 0 Å². The number of ether oxygens (including phenoxy) is 1. The predicted molar refractivity (Wildman–Crippen MR) is 44.6 cm³/mol. The average molecular weight is 199 g/mol. The lowest BCUT2D eigenvalue weighted by Gasteiger charge is -2.12. The normalized spacial score (nSPS) is 14.5. The molecule has 0 radical (unpaired) electrons. The van der Waals surface area contributed by atoms with E-state index < -0.39 is 12.6 Å². The molecule has 5 heteroatoms. The molecule has 0 aliphatic carbocycles. The summed E-state index contributed by atoms with van der Waals surface area (Å²) in [6.45, 7) is 2.77. The van der Waals surface area contributed by atoms with Crippen LogP contribution in [0.3, 0.4) is 0 Å². The fraction of sp³-hybridized carbons (Fsp3) is 1.00. The number of methoxy groups -OCH3 is 1. The van der Waals surface area contributed by atoms with E-state index in [-0.39, 0.29) is 12.5 Å². The van der Waals surface area contributed by atoms with Crippen LogP contribution in [0.1, 0.15) is 19.8 Å². The van der Waals surface area contributed by atoms with Crippen LogP contribution >= 0.6 is 0 Å². The summed E-state index contributed by atoms with van der Waals surface area (Å²) < 4.78 is 39.8. The summed E-state index contributed by atoms with van der Waals surface area (Å²) in [5.41, 5.74) is 0. The lowest BCUT2D eigenvalue weighted by Crippen LogP contribution is -2.31. The second-order valence-electron chi connectivity index (χ2n) is 3.03. The Morgan fingerprint density at radius 3 is 2.46 bits per heavy atom. The Labute approximate surface area is 76.5 Å². The van der Waals surface area contributed by atoms with E-state index in [1.54, 1.807) is 7.11 Å². The second-order valence-corrected chi connectivity index (χ2v) is 3.03. The van der Waals surface area contributed by atoms with Crippen LogP contribution in [-0.2, 0) is 4.74 Å². The molecule has 0 spiro atoms. The number of hydrogen-bond donors (Lipinski definition) is 1. The van der Waals surface area contributed by atoms with Crippen molar-refractivity contribution in [1.82, 2.24) is 5.32 Å². The van der Waals surface area contributed by atoms with Gasteiger partial charge in [-0.05, 0) is 19.9 Å². The van der Waals surface area contributed by atoms with E-state index in [0.29, 0.717) is 13.2 Å². The Hall–Kier alpha value is -0.290. The van der Waals surface area contributed by atoms with Crippen molar-refractivity contribution in [3.05, 3.63) is 0 Å². The number of nitrogens with one attached hydrogen (secondary N) is 1. The molecule has 0 amide bonds. The molecule has 0 aliphatic heterocycles. The highest BCUT2D eigenvalue weighted by molar-refractivity contribution is 4.60. The summed E-state index contributed by atoms with van der Waals surface area (Å²) in [6, 6.07) is 0.109. The Balaban J connectivity index is 3.25. The molecule has 0 aromatic carbocycles. The molecule has 1 N–H and O–H groups in total. The summed E-state index contributed by atoms with van der Waals surface area (Å²) in [6.07, 6.45) is -4.64. The molecule has 0 rings (SSSR count). The highest BCUT2D eigenvalue weighted by Gasteiger charge is 2.25. The van der Waals surface area contributed by atoms with E-state index in [9.17, 15) is 13.2 Å². The highest BCUT2D eigenvalue weighted by atomic mass is 19.4. The maximum Gasteiger partial charge on any atom is 0.389 e. The standard InChI is InChI=1S/C8H16F3NO/c1-7(6-13-2)12-5-3-4-8(9,10)11/h7,12H,3-6H2,1-2H3. The molecule has 1 unspecified atom stereocenters. The number of hydrogen-bond acceptors (Lipinski definition) is 2. The minimum Gasteiger partial charge on any atom is -0.383 e. The van der Waals surface area contributed by atoms with Crippen molar-refractivity contribution in [1.29, 1.82) is 0 Å². The van der Waals surface area contributed by atoms with Crippen molar-refractivity contribution < 1.29 is 17.9 Å². The molecule has 0 aromatic heterocycles. The van der Waals surface area contributed by atoms with Crippen LogP contribution in [0, 0.1) is 0 Å². The zero-order valence-corrected chi connectivity index (χ0v) is 7.95. The van der Waals surface area contributed by atoms with E-state index in [1.165, 1.54) is 0 Å². The first-order chi connectivity index (χ1) is 5.95. The molecule has 0 saturated carbocycles. The van der Waals surface area contributed by atoms with Crippen LogP contribution in [-0.4, -0.2) is 32.5 Å². The predicted octanol–water partition coefficient (Wildman–Crippen LogP) is 1.95. The van der Waals surface area contributed by atoms with Gasteiger partial charge in [-0.1, -0.05) is 0 Å². The molecule has 0 fully saturated rings. The van der Waals surface area contributed by atoms with E-state index in [0.717, 1.165) is 0 Å². The molecule has 0 saturated heterocycles. The third-order valence-electron chi connectivity index (χ3n) is 1.55. The summed E-state index contributed by atoms with van der Waals surface area (Å²) in [5, 5.41) is 2.93. The fourth-order valence-electron chi connectivity index (χ4n) is 0.946. The lowest BCUT2D eigenvalue weighted by molar-refractivity contribution is -0.135. The van der Waals surface area contributed by atoms with Gasteiger partial charge in [0, 0.05) is 19.6 Å². The van der Waals surface area contributed by atoms with Crippen LogP contribution < -0.4 is 5.32 Å². The summed E-state index contributed by atoms with van der Waals surface area (Å²) in [7, 11) is 1.56. The zero-order valence-electron chi connectivity index (χ0n) is 7.95. The van der Waals surface area contributed by atoms with Gasteiger partial charge in [0.15, 0.2) is 0 Å². The Morgan fingerprint density at radius 2 is 2.00 bits per heavy atom. The van der Waals surface area contributed by atoms with Gasteiger partial charge in [0.25, 0.3) is 0 Å². The SMILES string of the molecule is COCC(C)NCCCC(F)(F)F. The lowest BCUT2D eigenvalue weighted by atomic mass is 10.3. The van der Waals surface area contributed by atoms with Gasteiger partial charge in [-0.15, -0.1) is 0 Å². The molecule has 0 aliphatic rings. The Bertz CT molecular complexity index is 127. The monoisotopic (exact) mass is 199 g/mol. The van der Waals surface area contributed by atoms with E-state index in [4.69, 9.17) is 4.74 Å². The van der Waals surface area contributed by atoms with Crippen molar-refractivity contribution in [3.63, 3.8) is 0 Å². The van der Waals surface area contributed by atoms with Gasteiger partial charge < -0.3 is 10.1 Å². The van der Waals surface area contributed by atoms with E-state index >= 15 is 0 Å². The maximum atomic E-state index is 11.7. The number of alkyl halides is 3. The minimum absolute atomic E-state index is 0.109. The average Bonchev–Trinajstić information content (AvgIpc) is 1.97. The van der Waals surface area contributed by atoms with Crippen LogP contribution in [0.15, 0.2) is 0 Å². The first kappa shape index (κ1) is 12.7. The van der Waals surface area contributed by atoms with E-state index in [1.807, 2.05) is 6.92 Å². The first-order valence-electron chi connectivity index (χ1n) is 4.25. The van der Waals surface area contributed by atoms with Crippen molar-refractivity contribution in [2.24, 2.45) is 0 Å². The van der Waals surface area contributed by atoms with Crippen molar-refractivity contribution in [2.45, 2.75) is 32.0 Å². The summed E-state index contributed by atoms with van der Waals surface area (Å²) in [5.74, 6) is 0. The summed E-state index contributed by atoms with van der Waals surface area (Å²) in [4.78, 5) is 0. The second kappa shape index (κ2) is 6.21. The van der Waals surface area contributed by atoms with Crippen LogP contribution in [0.5, 0.6) is 0 Å². The van der Waals surface area contributed by atoms with Gasteiger partial charge in [-0.2, -0.15) is 13.2 Å². The van der Waals surface area contributed by atoms with Crippen molar-refractivity contribution in [2.75, 3.05) is 20.3 Å². The van der Waals surface area contributed by atoms with Crippen LogP contribution in [0.4, 0.5) is 13.2 Å². The first-order valence-corrected chi connectivity index (χ1v) is 4.25. The largest absolute Gasteiger partial charge is 0.389 e. The molecular formula is C8H16F3NO. The van der Waals surface area contributed by atoms with Gasteiger partial charge in [0.05, 0.1) is 6.61 Å². The molecule has 1 atom stereocenters. The van der Waals surface area contributed by atoms with Crippen LogP contribution in [0.25, 0.3) is 0 Å². The Morgan fingerprint density at radius 1 is 1.38 bits per heavy atom. The van der Waals surface area contributed by atoms with Crippen molar-refractivity contribution >= 4 is 0 Å². The topological polar surface area (TPSA) is 21.3 Å². The van der Waals surface area contributed by atoms with Gasteiger partial charge >= 0.3 is 6.18 Å². The van der Waals surface area contributed by atoms with Crippen molar-refractivity contribution in [3.8, 4) is 0 Å². The van der Waals surface area contributed by atoms with Gasteiger partial charge in [0.1, 0.15) is 0 Å². The third-order valence-corrected chi connectivity index (χ3v) is 1.55. The molecule has 0 heterocycles. The third kappa shape index (κ3) is 9.63. The van der Waals surface area contributed by atoms with E-state index in [2.05, 4.69) is 5.32 Å². The molecular weight excluding hydrogens is 183 g/mol. The Kier molecular flexibility index (Phi) is 6.07. The van der Waals surface area contributed by atoms with Gasteiger partial charge in [-0.3, -0.25) is 0 Å². The number of rotatable bonds is 6. The fourth-order valence-corrected chi connectivity index (χ4v) is 0.946. The quantitative estimate of drug-likeness (QED) is 0.660.